The molecule has 0 amide bonds. The van der Waals surface area contributed by atoms with Crippen molar-refractivity contribution in [2.45, 2.75) is 35.6 Å². The van der Waals surface area contributed by atoms with Gasteiger partial charge in [-0.2, -0.15) is 0 Å². The molecule has 3 aromatic rings. The van der Waals surface area contributed by atoms with Crippen LogP contribution in [0.2, 0.25) is 10.0 Å². The summed E-state index contributed by atoms with van der Waals surface area (Å²) in [6.45, 7) is 0. The minimum absolute atomic E-state index is 0.0150. The van der Waals surface area contributed by atoms with E-state index >= 15 is 0 Å². The third kappa shape index (κ3) is 3.41. The van der Waals surface area contributed by atoms with E-state index in [0.29, 0.717) is 18.4 Å². The summed E-state index contributed by atoms with van der Waals surface area (Å²) < 4.78 is 42.1. The second-order valence-corrected chi connectivity index (χ2v) is 9.69. The molecule has 1 aromatic heterocycles. The SMILES string of the molecule is O=C(O)c1ccc(-c2c(S(=O)(=O)c3c(Cl)cccc3Cl)[nH]c3c2CCCC3)c(F)c1. The number of carboxylic acid groups (broad SMARTS) is 1. The Hall–Kier alpha value is -2.35. The first-order valence-corrected chi connectivity index (χ1v) is 11.4. The van der Waals surface area contributed by atoms with Crippen molar-refractivity contribution in [1.82, 2.24) is 4.98 Å². The van der Waals surface area contributed by atoms with Crippen molar-refractivity contribution < 1.29 is 22.7 Å². The van der Waals surface area contributed by atoms with Gasteiger partial charge in [-0.05, 0) is 55.5 Å². The second kappa shape index (κ2) is 7.72. The number of nitrogens with one attached hydrogen (secondary N) is 1. The van der Waals surface area contributed by atoms with Gasteiger partial charge in [-0.3, -0.25) is 0 Å². The van der Waals surface area contributed by atoms with Gasteiger partial charge in [-0.15, -0.1) is 0 Å². The lowest BCUT2D eigenvalue weighted by atomic mass is 9.92. The molecule has 4 rings (SSSR count). The van der Waals surface area contributed by atoms with Crippen molar-refractivity contribution in [2.75, 3.05) is 0 Å². The van der Waals surface area contributed by atoms with Gasteiger partial charge in [0.05, 0.1) is 15.6 Å². The molecule has 0 aliphatic heterocycles. The van der Waals surface area contributed by atoms with Crippen LogP contribution in [0, 0.1) is 5.82 Å². The summed E-state index contributed by atoms with van der Waals surface area (Å²) in [5.74, 6) is -2.09. The maximum Gasteiger partial charge on any atom is 0.335 e. The Morgan fingerprint density at radius 3 is 2.37 bits per heavy atom. The fourth-order valence-corrected chi connectivity index (χ4v) is 6.45. The van der Waals surface area contributed by atoms with Gasteiger partial charge in [0, 0.05) is 16.8 Å². The van der Waals surface area contributed by atoms with Crippen LogP contribution in [-0.4, -0.2) is 24.5 Å². The Labute approximate surface area is 182 Å². The number of sulfone groups is 1. The van der Waals surface area contributed by atoms with Crippen LogP contribution in [0.5, 0.6) is 0 Å². The number of carboxylic acids is 1. The average molecular weight is 468 g/mol. The number of hydrogen-bond donors (Lipinski definition) is 2. The number of aromatic amines is 1. The summed E-state index contributed by atoms with van der Waals surface area (Å²) >= 11 is 12.3. The number of hydrogen-bond acceptors (Lipinski definition) is 3. The molecule has 0 atom stereocenters. The van der Waals surface area contributed by atoms with E-state index < -0.39 is 21.6 Å². The van der Waals surface area contributed by atoms with Gasteiger partial charge in [0.1, 0.15) is 15.7 Å². The van der Waals surface area contributed by atoms with Crippen LogP contribution >= 0.6 is 23.2 Å². The number of halogens is 3. The molecule has 156 valence electrons. The molecule has 0 spiro atoms. The highest BCUT2D eigenvalue weighted by Gasteiger charge is 2.33. The minimum Gasteiger partial charge on any atom is -0.478 e. The Kier molecular flexibility index (Phi) is 5.38. The second-order valence-electron chi connectivity index (χ2n) is 7.05. The van der Waals surface area contributed by atoms with Crippen LogP contribution in [0.15, 0.2) is 46.3 Å². The van der Waals surface area contributed by atoms with E-state index in [4.69, 9.17) is 28.3 Å². The Balaban J connectivity index is 2.01. The van der Waals surface area contributed by atoms with E-state index in [9.17, 15) is 17.6 Å². The highest BCUT2D eigenvalue weighted by atomic mass is 35.5. The third-order valence-electron chi connectivity index (χ3n) is 5.20. The number of fused-ring (bicyclic) bond motifs is 1. The minimum atomic E-state index is -4.22. The van der Waals surface area contributed by atoms with Crippen molar-refractivity contribution in [1.29, 1.82) is 0 Å². The van der Waals surface area contributed by atoms with Crippen molar-refractivity contribution >= 4 is 39.0 Å². The van der Waals surface area contributed by atoms with Crippen LogP contribution in [-0.2, 0) is 22.7 Å². The smallest absolute Gasteiger partial charge is 0.335 e. The zero-order valence-electron chi connectivity index (χ0n) is 15.5. The predicted octanol–water partition coefficient (Wildman–Crippen LogP) is 5.54. The fraction of sp³-hybridized carbons (Fsp3) is 0.190. The molecule has 1 aliphatic rings. The fourth-order valence-electron chi connectivity index (χ4n) is 3.83. The molecule has 2 aromatic carbocycles. The maximum absolute atomic E-state index is 14.9. The molecule has 30 heavy (non-hydrogen) atoms. The lowest BCUT2D eigenvalue weighted by Crippen LogP contribution is -2.07. The van der Waals surface area contributed by atoms with E-state index in [1.165, 1.54) is 30.3 Å². The van der Waals surface area contributed by atoms with Crippen LogP contribution in [0.3, 0.4) is 0 Å². The van der Waals surface area contributed by atoms with Crippen LogP contribution in [0.1, 0.15) is 34.5 Å². The molecule has 0 radical (unpaired) electrons. The van der Waals surface area contributed by atoms with Crippen LogP contribution in [0.4, 0.5) is 4.39 Å². The summed E-state index contributed by atoms with van der Waals surface area (Å²) in [7, 11) is -4.22. The van der Waals surface area contributed by atoms with Gasteiger partial charge >= 0.3 is 5.97 Å². The maximum atomic E-state index is 14.9. The first kappa shape index (κ1) is 20.9. The van der Waals surface area contributed by atoms with Crippen molar-refractivity contribution in [3.05, 3.63) is 69.1 Å². The molecular formula is C21H16Cl2FNO4S. The summed E-state index contributed by atoms with van der Waals surface area (Å²) in [6, 6.07) is 7.81. The molecule has 0 fully saturated rings. The van der Waals surface area contributed by atoms with E-state index in [0.717, 1.165) is 24.6 Å². The summed E-state index contributed by atoms with van der Waals surface area (Å²) in [5.41, 5.74) is 1.43. The summed E-state index contributed by atoms with van der Waals surface area (Å²) in [6.07, 6.45) is 2.91. The number of benzene rings is 2. The number of H-pyrrole nitrogens is 1. The molecule has 0 saturated carbocycles. The van der Waals surface area contributed by atoms with Gasteiger partial charge < -0.3 is 10.1 Å². The molecule has 0 bridgehead atoms. The molecule has 0 saturated heterocycles. The van der Waals surface area contributed by atoms with Gasteiger partial charge in [-0.1, -0.05) is 35.3 Å². The van der Waals surface area contributed by atoms with Crippen molar-refractivity contribution in [2.24, 2.45) is 0 Å². The van der Waals surface area contributed by atoms with Crippen LogP contribution < -0.4 is 0 Å². The molecule has 2 N–H and O–H groups in total. The van der Waals surface area contributed by atoms with Gasteiger partial charge in [-0.25, -0.2) is 17.6 Å². The topological polar surface area (TPSA) is 87.2 Å². The zero-order chi connectivity index (χ0) is 21.6. The number of carbonyl (C=O) groups is 1. The number of aromatic carboxylic acids is 1. The third-order valence-corrected chi connectivity index (χ3v) is 7.88. The van der Waals surface area contributed by atoms with Gasteiger partial charge in [0.15, 0.2) is 0 Å². The largest absolute Gasteiger partial charge is 0.478 e. The normalized spacial score (nSPS) is 13.8. The van der Waals surface area contributed by atoms with Crippen molar-refractivity contribution in [3.63, 3.8) is 0 Å². The number of aromatic nitrogens is 1. The zero-order valence-corrected chi connectivity index (χ0v) is 17.8. The van der Waals surface area contributed by atoms with Crippen molar-refractivity contribution in [3.8, 4) is 11.1 Å². The highest BCUT2D eigenvalue weighted by Crippen LogP contribution is 2.42. The van der Waals surface area contributed by atoms with E-state index in [1.807, 2.05) is 0 Å². The predicted molar refractivity (Wildman–Crippen MR) is 112 cm³/mol. The van der Waals surface area contributed by atoms with Crippen LogP contribution in [0.25, 0.3) is 11.1 Å². The molecule has 9 heteroatoms. The average Bonchev–Trinajstić information content (AvgIpc) is 3.08. The Morgan fingerprint density at radius 1 is 1.07 bits per heavy atom. The first-order valence-electron chi connectivity index (χ1n) is 9.18. The highest BCUT2D eigenvalue weighted by molar-refractivity contribution is 7.91. The number of rotatable bonds is 4. The van der Waals surface area contributed by atoms with E-state index in [-0.39, 0.29) is 36.7 Å². The molecule has 5 nitrogen and oxygen atoms in total. The van der Waals surface area contributed by atoms with E-state index in [1.54, 1.807) is 0 Å². The molecular weight excluding hydrogens is 452 g/mol. The Bertz CT molecular complexity index is 1260. The summed E-state index contributed by atoms with van der Waals surface area (Å²) in [5, 5.41) is 8.85. The van der Waals surface area contributed by atoms with E-state index in [2.05, 4.69) is 4.98 Å². The number of aryl methyl sites for hydroxylation is 1. The first-order chi connectivity index (χ1) is 14.2. The standard InChI is InChI=1S/C21H16Cl2FNO4S/c22-14-5-3-6-15(23)19(14)30(28,29)20-18(13-4-1-2-7-17(13)25-20)12-9-8-11(21(26)27)10-16(12)24/h3,5-6,8-10,25H,1-2,4,7H2,(H,26,27). The van der Waals surface area contributed by atoms with Gasteiger partial charge in [0.2, 0.25) is 9.84 Å². The lowest BCUT2D eigenvalue weighted by Gasteiger charge is -2.14. The quantitative estimate of drug-likeness (QED) is 0.527. The molecule has 1 aliphatic carbocycles. The summed E-state index contributed by atoms with van der Waals surface area (Å²) in [4.78, 5) is 13.9. The molecule has 0 unspecified atom stereocenters. The molecule has 1 heterocycles. The van der Waals surface area contributed by atoms with Gasteiger partial charge in [0.25, 0.3) is 0 Å². The lowest BCUT2D eigenvalue weighted by molar-refractivity contribution is 0.0696. The Morgan fingerprint density at radius 2 is 1.73 bits per heavy atom. The monoisotopic (exact) mass is 467 g/mol.